The van der Waals surface area contributed by atoms with Gasteiger partial charge in [-0.25, -0.2) is 24.0 Å². The first-order valence-electron chi connectivity index (χ1n) is 26.4. The molecule has 81 heavy (non-hydrogen) atoms. The van der Waals surface area contributed by atoms with Gasteiger partial charge in [-0.05, 0) is 88.4 Å². The molecule has 5 fully saturated rings. The van der Waals surface area contributed by atoms with Gasteiger partial charge in [-0.3, -0.25) is 0 Å². The Hall–Kier alpha value is -6.99. The normalized spacial score (nSPS) is 30.5. The zero-order valence-corrected chi connectivity index (χ0v) is 44.8. The monoisotopic (exact) mass is 1120 g/mol. The summed E-state index contributed by atoms with van der Waals surface area (Å²) in [6, 6.07) is 40.3. The second-order valence-corrected chi connectivity index (χ2v) is 20.6. The van der Waals surface area contributed by atoms with Gasteiger partial charge in [-0.15, -0.1) is 0 Å². The summed E-state index contributed by atoms with van der Waals surface area (Å²) < 4.78 is 94.1. The highest BCUT2D eigenvalue weighted by atomic mass is 16.8. The zero-order chi connectivity index (χ0) is 56.8. The van der Waals surface area contributed by atoms with E-state index in [2.05, 4.69) is 0 Å². The van der Waals surface area contributed by atoms with Crippen molar-refractivity contribution in [2.24, 2.45) is 0 Å². The molecule has 0 bridgehead atoms. The molecular formula is C60H62O21. The van der Waals surface area contributed by atoms with Crippen LogP contribution < -0.4 is 0 Å². The fourth-order valence-electron chi connectivity index (χ4n) is 10.1. The van der Waals surface area contributed by atoms with Crippen molar-refractivity contribution in [3.05, 3.63) is 179 Å². The summed E-state index contributed by atoms with van der Waals surface area (Å²) in [6.07, 6.45) is -21.2. The minimum atomic E-state index is -1.64. The second kappa shape index (κ2) is 25.0. The number of hydrogen-bond donors (Lipinski definition) is 1. The number of benzene rings is 5. The lowest BCUT2D eigenvalue weighted by Crippen LogP contribution is -2.49. The van der Waals surface area contributed by atoms with Gasteiger partial charge in [-0.1, -0.05) is 91.0 Å². The van der Waals surface area contributed by atoms with E-state index >= 15 is 0 Å². The SMILES string of the molecule is CO[C@@H]1O[C@@H]([C@@H](CO[C@@H]2O[C@@H]([C@H]3COC(C)(C)O3)[C@H](O[C@@H]3O[C@@H]([C@H]4COC(C)(C)O4)[C@H](O)[C@H]3OC(=O)c3ccccc3)[C@H]2OC(=O)c2ccccc2)OC(=O)c2ccccc2)[C@H](OC(=O)c2ccccc2)[C@H]1OC(=O)c1ccccc1. The minimum Gasteiger partial charge on any atom is -0.453 e. The molecule has 21 nitrogen and oxygen atoms in total. The molecule has 0 aliphatic carbocycles. The van der Waals surface area contributed by atoms with E-state index in [4.69, 9.17) is 71.1 Å². The summed E-state index contributed by atoms with van der Waals surface area (Å²) in [5, 5.41) is 12.1. The quantitative estimate of drug-likeness (QED) is 0.0736. The van der Waals surface area contributed by atoms with E-state index in [1.165, 1.54) is 55.6 Å². The van der Waals surface area contributed by atoms with E-state index < -0.39 is 140 Å². The Labute approximate surface area is 466 Å². The van der Waals surface area contributed by atoms with Crippen LogP contribution in [0, 0.1) is 0 Å². The van der Waals surface area contributed by atoms with Gasteiger partial charge in [0, 0.05) is 7.11 Å². The van der Waals surface area contributed by atoms with E-state index in [1.54, 1.807) is 131 Å². The van der Waals surface area contributed by atoms with Gasteiger partial charge < -0.3 is 76.2 Å². The van der Waals surface area contributed by atoms with Gasteiger partial charge in [0.05, 0.1) is 47.6 Å². The first kappa shape index (κ1) is 57.3. The van der Waals surface area contributed by atoms with Crippen LogP contribution in [0.1, 0.15) is 79.5 Å². The second-order valence-electron chi connectivity index (χ2n) is 20.6. The summed E-state index contributed by atoms with van der Waals surface area (Å²) in [6.45, 7) is 6.04. The lowest BCUT2D eigenvalue weighted by Gasteiger charge is -2.31. The molecule has 5 aromatic rings. The molecule has 10 rings (SSSR count). The standard InChI is InChI=1S/C60H62O21/c1-59(2)69-32-40(80-59)43-42(61)46(72-52(63)35-23-13-7-14-24-35)58(76-43)79-48-45(41-33-70-60(3,4)81-41)78-57(50(48)75-55(66)38-29-19-10-20-30-38)68-31-39(71-51(62)34-21-11-6-12-22-34)44-47(73-53(64)36-25-15-8-16-26-36)49(56(67-5)77-44)74-54(65)37-27-17-9-18-28-37/h6-30,39-50,56-58,61H,31-33H2,1-5H3/t39-,40-,41-,42+,43+,44+,45+,46-,47+,48+,49-,50-,56-,57-,58+/m1/s1. The highest BCUT2D eigenvalue weighted by Gasteiger charge is 2.61. The molecule has 21 heteroatoms. The molecule has 0 saturated carbocycles. The largest absolute Gasteiger partial charge is 0.453 e. The summed E-state index contributed by atoms with van der Waals surface area (Å²) in [4.78, 5) is 70.3. The fraction of sp³-hybridized carbons (Fsp3) is 0.417. The first-order chi connectivity index (χ1) is 39.0. The molecule has 1 N–H and O–H groups in total. The third-order valence-electron chi connectivity index (χ3n) is 14.0. The van der Waals surface area contributed by atoms with Crippen LogP contribution in [0.25, 0.3) is 0 Å². The lowest BCUT2D eigenvalue weighted by molar-refractivity contribution is -0.232. The molecule has 0 amide bonds. The molecule has 5 aliphatic heterocycles. The molecule has 0 aromatic heterocycles. The third-order valence-corrected chi connectivity index (χ3v) is 14.0. The Balaban J connectivity index is 1.02. The van der Waals surface area contributed by atoms with Crippen molar-refractivity contribution in [1.82, 2.24) is 0 Å². The molecule has 428 valence electrons. The van der Waals surface area contributed by atoms with Crippen LogP contribution in [0.15, 0.2) is 152 Å². The average Bonchev–Trinajstić information content (AvgIpc) is 4.48. The van der Waals surface area contributed by atoms with Crippen LogP contribution in [0.3, 0.4) is 0 Å². The zero-order valence-electron chi connectivity index (χ0n) is 44.8. The van der Waals surface area contributed by atoms with Gasteiger partial charge in [0.1, 0.15) is 42.7 Å². The number of aliphatic hydroxyl groups excluding tert-OH is 1. The van der Waals surface area contributed by atoms with Crippen LogP contribution in [-0.4, -0.2) is 166 Å². The minimum absolute atomic E-state index is 0.000105. The van der Waals surface area contributed by atoms with Crippen LogP contribution in [0.2, 0.25) is 0 Å². The number of ether oxygens (including phenoxy) is 15. The Morgan fingerprint density at radius 1 is 0.481 bits per heavy atom. The van der Waals surface area contributed by atoms with Crippen molar-refractivity contribution in [3.8, 4) is 0 Å². The van der Waals surface area contributed by atoms with Crippen molar-refractivity contribution < 1.29 is 100 Å². The number of esters is 5. The van der Waals surface area contributed by atoms with E-state index in [0.29, 0.717) is 0 Å². The van der Waals surface area contributed by atoms with E-state index in [-0.39, 0.29) is 41.0 Å². The van der Waals surface area contributed by atoms with Crippen molar-refractivity contribution in [1.29, 1.82) is 0 Å². The molecule has 5 saturated heterocycles. The van der Waals surface area contributed by atoms with Crippen LogP contribution in [0.4, 0.5) is 0 Å². The van der Waals surface area contributed by atoms with Crippen LogP contribution in [0.5, 0.6) is 0 Å². The number of aliphatic hydroxyl groups is 1. The topological polar surface area (TPSA) is 244 Å². The maximum absolute atomic E-state index is 14.4. The van der Waals surface area contributed by atoms with E-state index in [0.717, 1.165) is 0 Å². The number of carbonyl (C=O) groups is 5. The first-order valence-corrected chi connectivity index (χ1v) is 26.4. The predicted molar refractivity (Wildman–Crippen MR) is 278 cm³/mol. The molecule has 15 atom stereocenters. The maximum Gasteiger partial charge on any atom is 0.338 e. The summed E-state index contributed by atoms with van der Waals surface area (Å²) in [7, 11) is 1.29. The van der Waals surface area contributed by atoms with Gasteiger partial charge in [0.25, 0.3) is 0 Å². The van der Waals surface area contributed by atoms with Crippen molar-refractivity contribution in [2.45, 2.75) is 131 Å². The fourth-order valence-corrected chi connectivity index (χ4v) is 10.1. The number of hydrogen-bond acceptors (Lipinski definition) is 21. The molecule has 5 aromatic carbocycles. The van der Waals surface area contributed by atoms with Gasteiger partial charge in [-0.2, -0.15) is 0 Å². The Bertz CT molecular complexity index is 2930. The van der Waals surface area contributed by atoms with Gasteiger partial charge >= 0.3 is 29.8 Å². The number of methoxy groups -OCH3 is 1. The number of carbonyl (C=O) groups excluding carboxylic acids is 5. The molecular weight excluding hydrogens is 1060 g/mol. The van der Waals surface area contributed by atoms with E-state index in [9.17, 15) is 29.1 Å². The highest BCUT2D eigenvalue weighted by molar-refractivity contribution is 5.92. The molecule has 0 spiro atoms. The summed E-state index contributed by atoms with van der Waals surface area (Å²) >= 11 is 0. The van der Waals surface area contributed by atoms with Crippen LogP contribution in [-0.2, 0) is 71.1 Å². The van der Waals surface area contributed by atoms with Crippen molar-refractivity contribution in [2.75, 3.05) is 26.9 Å². The molecule has 5 aliphatic rings. The summed E-state index contributed by atoms with van der Waals surface area (Å²) in [5.74, 6) is -6.38. The molecule has 0 unspecified atom stereocenters. The maximum atomic E-state index is 14.4. The molecule has 0 radical (unpaired) electrons. The average molecular weight is 1120 g/mol. The predicted octanol–water partition coefficient (Wildman–Crippen LogP) is 6.00. The van der Waals surface area contributed by atoms with Crippen molar-refractivity contribution >= 4 is 29.8 Å². The van der Waals surface area contributed by atoms with Gasteiger partial charge in [0.15, 0.2) is 61.0 Å². The summed E-state index contributed by atoms with van der Waals surface area (Å²) in [5.41, 5.74) is 0.712. The highest BCUT2D eigenvalue weighted by Crippen LogP contribution is 2.41. The Morgan fingerprint density at radius 3 is 1.28 bits per heavy atom. The van der Waals surface area contributed by atoms with Crippen molar-refractivity contribution in [3.63, 3.8) is 0 Å². The Morgan fingerprint density at radius 2 is 0.864 bits per heavy atom. The smallest absolute Gasteiger partial charge is 0.338 e. The Kier molecular flexibility index (Phi) is 17.7. The van der Waals surface area contributed by atoms with E-state index in [1.807, 2.05) is 0 Å². The van der Waals surface area contributed by atoms with Crippen LogP contribution >= 0.6 is 0 Å². The third kappa shape index (κ3) is 13.4. The lowest BCUT2D eigenvalue weighted by atomic mass is 10.0. The number of rotatable bonds is 19. The molecule has 5 heterocycles. The van der Waals surface area contributed by atoms with Gasteiger partial charge in [0.2, 0.25) is 0 Å².